The molecule has 2 nitrogen and oxygen atoms in total. The van der Waals surface area contributed by atoms with Gasteiger partial charge in [0, 0.05) is 23.5 Å². The summed E-state index contributed by atoms with van der Waals surface area (Å²) in [5.74, 6) is -0.196. The molecule has 0 radical (unpaired) electrons. The highest BCUT2D eigenvalue weighted by molar-refractivity contribution is 7.13. The molecular formula is C13H14FNOS. The summed E-state index contributed by atoms with van der Waals surface area (Å²) in [7, 11) is 0. The average molecular weight is 251 g/mol. The maximum atomic E-state index is 13.7. The molecule has 0 unspecified atom stereocenters. The van der Waals surface area contributed by atoms with Crippen LogP contribution in [-0.4, -0.2) is 18.3 Å². The highest BCUT2D eigenvalue weighted by Crippen LogP contribution is 2.28. The van der Waals surface area contributed by atoms with Gasteiger partial charge in [-0.25, -0.2) is 4.39 Å². The van der Waals surface area contributed by atoms with Crippen LogP contribution in [0.15, 0.2) is 35.7 Å². The molecule has 0 aliphatic heterocycles. The molecule has 0 bridgehead atoms. The summed E-state index contributed by atoms with van der Waals surface area (Å²) in [4.78, 5) is 0.937. The second-order valence-corrected chi connectivity index (χ2v) is 4.64. The van der Waals surface area contributed by atoms with Gasteiger partial charge in [0.05, 0.1) is 6.61 Å². The Morgan fingerprint density at radius 2 is 2.18 bits per heavy atom. The quantitative estimate of drug-likeness (QED) is 0.801. The highest BCUT2D eigenvalue weighted by Gasteiger charge is 2.06. The minimum absolute atomic E-state index is 0.110. The van der Waals surface area contributed by atoms with Gasteiger partial charge in [0.15, 0.2) is 0 Å². The molecule has 2 aromatic rings. The third-order valence-electron chi connectivity index (χ3n) is 2.44. The van der Waals surface area contributed by atoms with Gasteiger partial charge in [0.2, 0.25) is 0 Å². The van der Waals surface area contributed by atoms with Gasteiger partial charge >= 0.3 is 0 Å². The molecule has 0 aliphatic rings. The van der Waals surface area contributed by atoms with E-state index in [0.29, 0.717) is 18.7 Å². The molecule has 0 atom stereocenters. The lowest BCUT2D eigenvalue weighted by atomic mass is 10.1. The van der Waals surface area contributed by atoms with Crippen LogP contribution >= 0.6 is 11.3 Å². The van der Waals surface area contributed by atoms with Gasteiger partial charge < -0.3 is 10.4 Å². The Bertz CT molecular complexity index is 470. The lowest BCUT2D eigenvalue weighted by Crippen LogP contribution is -2.17. The third-order valence-corrected chi connectivity index (χ3v) is 3.34. The molecule has 2 rings (SSSR count). The average Bonchev–Trinajstić information content (AvgIpc) is 2.85. The van der Waals surface area contributed by atoms with Crippen LogP contribution in [-0.2, 0) is 6.54 Å². The molecule has 17 heavy (non-hydrogen) atoms. The van der Waals surface area contributed by atoms with Crippen LogP contribution in [0.5, 0.6) is 0 Å². The van der Waals surface area contributed by atoms with Crippen molar-refractivity contribution in [2.75, 3.05) is 13.2 Å². The highest BCUT2D eigenvalue weighted by atomic mass is 32.1. The predicted octanol–water partition coefficient (Wildman–Crippen LogP) is 2.64. The fourth-order valence-corrected chi connectivity index (χ4v) is 2.36. The van der Waals surface area contributed by atoms with Crippen molar-refractivity contribution in [1.29, 1.82) is 0 Å². The lowest BCUT2D eigenvalue weighted by molar-refractivity contribution is 0.292. The van der Waals surface area contributed by atoms with Gasteiger partial charge in [-0.2, -0.15) is 0 Å². The SMILES string of the molecule is OCCNCc1ccc(F)c(-c2cccs2)c1. The van der Waals surface area contributed by atoms with Crippen molar-refractivity contribution in [1.82, 2.24) is 5.32 Å². The minimum Gasteiger partial charge on any atom is -0.395 e. The molecule has 1 aromatic heterocycles. The summed E-state index contributed by atoms with van der Waals surface area (Å²) in [6.07, 6.45) is 0. The van der Waals surface area contributed by atoms with E-state index in [1.165, 1.54) is 17.4 Å². The molecule has 4 heteroatoms. The van der Waals surface area contributed by atoms with Crippen molar-refractivity contribution in [2.24, 2.45) is 0 Å². The number of nitrogens with one attached hydrogen (secondary N) is 1. The van der Waals surface area contributed by atoms with Crippen LogP contribution in [0.25, 0.3) is 10.4 Å². The van der Waals surface area contributed by atoms with Gasteiger partial charge in [-0.1, -0.05) is 12.1 Å². The molecule has 2 N–H and O–H groups in total. The van der Waals surface area contributed by atoms with Crippen molar-refractivity contribution >= 4 is 11.3 Å². The monoisotopic (exact) mass is 251 g/mol. The van der Waals surface area contributed by atoms with E-state index in [1.54, 1.807) is 6.07 Å². The van der Waals surface area contributed by atoms with E-state index >= 15 is 0 Å². The number of thiophene rings is 1. The summed E-state index contributed by atoms with van der Waals surface area (Å²) in [5, 5.41) is 13.7. The molecule has 0 amide bonds. The Balaban J connectivity index is 2.18. The number of aliphatic hydroxyl groups excluding tert-OH is 1. The number of halogens is 1. The van der Waals surface area contributed by atoms with Crippen molar-refractivity contribution < 1.29 is 9.50 Å². The van der Waals surface area contributed by atoms with E-state index in [2.05, 4.69) is 5.32 Å². The van der Waals surface area contributed by atoms with E-state index in [1.807, 2.05) is 23.6 Å². The topological polar surface area (TPSA) is 32.3 Å². The fraction of sp³-hybridized carbons (Fsp3) is 0.231. The van der Waals surface area contributed by atoms with Gasteiger partial charge in [-0.05, 0) is 29.1 Å². The zero-order valence-corrected chi connectivity index (χ0v) is 10.1. The van der Waals surface area contributed by atoms with Crippen LogP contribution in [0.2, 0.25) is 0 Å². The minimum atomic E-state index is -0.196. The first-order valence-electron chi connectivity index (χ1n) is 5.45. The first kappa shape index (κ1) is 12.2. The number of benzene rings is 1. The lowest BCUT2D eigenvalue weighted by Gasteiger charge is -2.06. The molecule has 1 heterocycles. The summed E-state index contributed by atoms with van der Waals surface area (Å²) in [6.45, 7) is 1.30. The normalized spacial score (nSPS) is 10.7. The molecule has 90 valence electrons. The summed E-state index contributed by atoms with van der Waals surface area (Å²) in [5.41, 5.74) is 1.66. The second kappa shape index (κ2) is 5.91. The van der Waals surface area contributed by atoms with Gasteiger partial charge in [0.1, 0.15) is 5.82 Å². The molecule has 0 aliphatic carbocycles. The standard InChI is InChI=1S/C13H14FNOS/c14-12-4-3-10(9-15-5-6-16)8-11(12)13-2-1-7-17-13/h1-4,7-8,15-16H,5-6,9H2. The Morgan fingerprint density at radius 3 is 2.88 bits per heavy atom. The zero-order valence-electron chi connectivity index (χ0n) is 9.32. The van der Waals surface area contributed by atoms with Crippen molar-refractivity contribution in [3.05, 3.63) is 47.1 Å². The zero-order chi connectivity index (χ0) is 12.1. The smallest absolute Gasteiger partial charge is 0.131 e. The van der Waals surface area contributed by atoms with Crippen LogP contribution in [0.1, 0.15) is 5.56 Å². The predicted molar refractivity (Wildman–Crippen MR) is 68.5 cm³/mol. The van der Waals surface area contributed by atoms with Crippen molar-refractivity contribution in [3.8, 4) is 10.4 Å². The number of aliphatic hydroxyl groups is 1. The number of hydrogen-bond donors (Lipinski definition) is 2. The molecule has 0 saturated heterocycles. The van der Waals surface area contributed by atoms with Crippen molar-refractivity contribution in [2.45, 2.75) is 6.54 Å². The number of hydrogen-bond acceptors (Lipinski definition) is 3. The Morgan fingerprint density at radius 1 is 1.29 bits per heavy atom. The van der Waals surface area contributed by atoms with E-state index in [9.17, 15) is 4.39 Å². The number of rotatable bonds is 5. The summed E-state index contributed by atoms with van der Waals surface area (Å²) < 4.78 is 13.7. The fourth-order valence-electron chi connectivity index (χ4n) is 1.61. The maximum Gasteiger partial charge on any atom is 0.131 e. The molecule has 1 aromatic carbocycles. The van der Waals surface area contributed by atoms with E-state index in [0.717, 1.165) is 10.4 Å². The maximum absolute atomic E-state index is 13.7. The van der Waals surface area contributed by atoms with Crippen LogP contribution in [0, 0.1) is 5.82 Å². The van der Waals surface area contributed by atoms with Gasteiger partial charge in [-0.3, -0.25) is 0 Å². The van der Waals surface area contributed by atoms with Crippen LogP contribution < -0.4 is 5.32 Å². The van der Waals surface area contributed by atoms with Crippen molar-refractivity contribution in [3.63, 3.8) is 0 Å². The Kier molecular flexibility index (Phi) is 4.25. The first-order chi connectivity index (χ1) is 8.31. The first-order valence-corrected chi connectivity index (χ1v) is 6.33. The molecule has 0 saturated carbocycles. The van der Waals surface area contributed by atoms with E-state index in [-0.39, 0.29) is 12.4 Å². The van der Waals surface area contributed by atoms with E-state index < -0.39 is 0 Å². The van der Waals surface area contributed by atoms with Gasteiger partial charge in [-0.15, -0.1) is 11.3 Å². The molecule has 0 fully saturated rings. The summed E-state index contributed by atoms with van der Waals surface area (Å²) in [6, 6.07) is 8.93. The molecular weight excluding hydrogens is 237 g/mol. The Labute approximate surface area is 104 Å². The molecule has 0 spiro atoms. The second-order valence-electron chi connectivity index (χ2n) is 3.69. The van der Waals surface area contributed by atoms with Crippen LogP contribution in [0.4, 0.5) is 4.39 Å². The third kappa shape index (κ3) is 3.12. The largest absolute Gasteiger partial charge is 0.395 e. The van der Waals surface area contributed by atoms with Crippen LogP contribution in [0.3, 0.4) is 0 Å². The Hall–Kier alpha value is -1.23. The van der Waals surface area contributed by atoms with E-state index in [4.69, 9.17) is 5.11 Å². The van der Waals surface area contributed by atoms with Gasteiger partial charge in [0.25, 0.3) is 0 Å². The summed E-state index contributed by atoms with van der Waals surface area (Å²) >= 11 is 1.53.